The molecule has 0 unspecified atom stereocenters. The summed E-state index contributed by atoms with van der Waals surface area (Å²) in [4.78, 5) is 14.8. The largest absolute Gasteiger partial charge is 0.491 e. The summed E-state index contributed by atoms with van der Waals surface area (Å²) in [5, 5.41) is 0. The molecule has 0 bridgehead atoms. The lowest BCUT2D eigenvalue weighted by Crippen LogP contribution is -2.08. The number of para-hydroxylation sites is 1. The lowest BCUT2D eigenvalue weighted by molar-refractivity contribution is 0.111. The van der Waals surface area contributed by atoms with Gasteiger partial charge in [0.05, 0.1) is 18.4 Å². The highest BCUT2D eigenvalue weighted by atomic mass is 16.5. The molecule has 0 amide bonds. The first kappa shape index (κ1) is 11.4. The summed E-state index contributed by atoms with van der Waals surface area (Å²) >= 11 is 0. The molecule has 0 saturated heterocycles. The zero-order valence-corrected chi connectivity index (χ0v) is 9.67. The predicted molar refractivity (Wildman–Crippen MR) is 64.3 cm³/mol. The van der Waals surface area contributed by atoms with E-state index >= 15 is 0 Å². The molecule has 0 fully saturated rings. The monoisotopic (exact) mass is 230 g/mol. The maximum absolute atomic E-state index is 10.9. The van der Waals surface area contributed by atoms with Crippen molar-refractivity contribution >= 4 is 6.29 Å². The van der Waals surface area contributed by atoms with Crippen LogP contribution < -0.4 is 4.74 Å². The Morgan fingerprint density at radius 3 is 3.06 bits per heavy atom. The van der Waals surface area contributed by atoms with E-state index in [1.54, 1.807) is 18.6 Å². The van der Waals surface area contributed by atoms with Crippen LogP contribution in [0, 0.1) is 6.92 Å². The molecule has 1 heterocycles. The van der Waals surface area contributed by atoms with Crippen LogP contribution in [0.1, 0.15) is 15.9 Å². The van der Waals surface area contributed by atoms with Crippen LogP contribution in [0.15, 0.2) is 36.9 Å². The van der Waals surface area contributed by atoms with Gasteiger partial charge >= 0.3 is 0 Å². The molecule has 0 atom stereocenters. The van der Waals surface area contributed by atoms with Gasteiger partial charge < -0.3 is 9.30 Å². The third-order valence-electron chi connectivity index (χ3n) is 2.52. The van der Waals surface area contributed by atoms with Gasteiger partial charge in [-0.25, -0.2) is 4.98 Å². The Bertz CT molecular complexity index is 492. The van der Waals surface area contributed by atoms with Gasteiger partial charge in [0, 0.05) is 12.4 Å². The Morgan fingerprint density at radius 2 is 2.35 bits per heavy atom. The molecule has 0 N–H and O–H groups in total. The quantitative estimate of drug-likeness (QED) is 0.739. The zero-order chi connectivity index (χ0) is 12.1. The fourth-order valence-electron chi connectivity index (χ4n) is 1.64. The molecule has 0 aliphatic carbocycles. The van der Waals surface area contributed by atoms with Crippen LogP contribution in [0.25, 0.3) is 0 Å². The van der Waals surface area contributed by atoms with Crippen molar-refractivity contribution in [2.45, 2.75) is 13.5 Å². The van der Waals surface area contributed by atoms with E-state index in [4.69, 9.17) is 4.74 Å². The molecular weight excluding hydrogens is 216 g/mol. The van der Waals surface area contributed by atoms with Crippen molar-refractivity contribution in [2.75, 3.05) is 6.61 Å². The molecule has 4 heteroatoms. The number of aryl methyl sites for hydroxylation is 1. The second-order valence-corrected chi connectivity index (χ2v) is 3.76. The van der Waals surface area contributed by atoms with E-state index in [1.165, 1.54) is 0 Å². The SMILES string of the molecule is Cc1cccc(C=O)c1OCCn1ccnc1. The summed E-state index contributed by atoms with van der Waals surface area (Å²) in [5.41, 5.74) is 1.57. The van der Waals surface area contributed by atoms with Crippen molar-refractivity contribution < 1.29 is 9.53 Å². The van der Waals surface area contributed by atoms with Gasteiger partial charge in [-0.15, -0.1) is 0 Å². The Morgan fingerprint density at radius 1 is 1.47 bits per heavy atom. The summed E-state index contributed by atoms with van der Waals surface area (Å²) in [7, 11) is 0. The van der Waals surface area contributed by atoms with Crippen LogP contribution in [0.5, 0.6) is 5.75 Å². The van der Waals surface area contributed by atoms with Crippen LogP contribution in [0.4, 0.5) is 0 Å². The molecule has 4 nitrogen and oxygen atoms in total. The predicted octanol–water partition coefficient (Wildman–Crippen LogP) is 2.08. The standard InChI is InChI=1S/C13H14N2O2/c1-11-3-2-4-12(9-16)13(11)17-8-7-15-6-5-14-10-15/h2-6,9-10H,7-8H2,1H3. The second kappa shape index (κ2) is 5.30. The number of carbonyl (C=O) groups excluding carboxylic acids is 1. The Kier molecular flexibility index (Phi) is 3.55. The minimum absolute atomic E-state index is 0.516. The number of carbonyl (C=O) groups is 1. The topological polar surface area (TPSA) is 44.1 Å². The van der Waals surface area contributed by atoms with E-state index in [0.29, 0.717) is 24.5 Å². The van der Waals surface area contributed by atoms with Crippen molar-refractivity contribution in [1.29, 1.82) is 0 Å². The van der Waals surface area contributed by atoms with Crippen molar-refractivity contribution in [1.82, 2.24) is 9.55 Å². The van der Waals surface area contributed by atoms with Crippen molar-refractivity contribution in [3.05, 3.63) is 48.0 Å². The van der Waals surface area contributed by atoms with Crippen LogP contribution in [0.3, 0.4) is 0 Å². The van der Waals surface area contributed by atoms with Crippen LogP contribution in [0.2, 0.25) is 0 Å². The second-order valence-electron chi connectivity index (χ2n) is 3.76. The number of imidazole rings is 1. The fraction of sp³-hybridized carbons (Fsp3) is 0.231. The molecule has 0 saturated carbocycles. The van der Waals surface area contributed by atoms with Crippen molar-refractivity contribution in [2.24, 2.45) is 0 Å². The maximum Gasteiger partial charge on any atom is 0.153 e. The lowest BCUT2D eigenvalue weighted by atomic mass is 10.1. The van der Waals surface area contributed by atoms with Crippen LogP contribution >= 0.6 is 0 Å². The molecule has 0 radical (unpaired) electrons. The third-order valence-corrected chi connectivity index (χ3v) is 2.52. The summed E-state index contributed by atoms with van der Waals surface area (Å²) in [6.45, 7) is 3.16. The highest BCUT2D eigenvalue weighted by molar-refractivity contribution is 5.80. The molecular formula is C13H14N2O2. The fourth-order valence-corrected chi connectivity index (χ4v) is 1.64. The Balaban J connectivity index is 2.01. The average molecular weight is 230 g/mol. The number of rotatable bonds is 5. The first-order valence-corrected chi connectivity index (χ1v) is 5.44. The molecule has 0 aliphatic rings. The molecule has 2 aromatic rings. The number of nitrogens with zero attached hydrogens (tertiary/aromatic N) is 2. The number of ether oxygens (including phenoxy) is 1. The van der Waals surface area contributed by atoms with E-state index in [2.05, 4.69) is 4.98 Å². The lowest BCUT2D eigenvalue weighted by Gasteiger charge is -2.11. The minimum Gasteiger partial charge on any atom is -0.491 e. The van der Waals surface area contributed by atoms with E-state index in [1.807, 2.05) is 29.8 Å². The highest BCUT2D eigenvalue weighted by Gasteiger charge is 2.05. The van der Waals surface area contributed by atoms with E-state index < -0.39 is 0 Å². The van der Waals surface area contributed by atoms with Crippen molar-refractivity contribution in [3.63, 3.8) is 0 Å². The summed E-state index contributed by atoms with van der Waals surface area (Å²) in [6, 6.07) is 5.54. The normalized spacial score (nSPS) is 10.2. The highest BCUT2D eigenvalue weighted by Crippen LogP contribution is 2.21. The molecule has 17 heavy (non-hydrogen) atoms. The maximum atomic E-state index is 10.9. The number of benzene rings is 1. The number of hydrogen-bond acceptors (Lipinski definition) is 3. The van der Waals surface area contributed by atoms with Crippen molar-refractivity contribution in [3.8, 4) is 5.75 Å². The van der Waals surface area contributed by atoms with E-state index in [9.17, 15) is 4.79 Å². The molecule has 0 spiro atoms. The summed E-state index contributed by atoms with van der Waals surface area (Å²) < 4.78 is 7.58. The molecule has 2 rings (SSSR count). The molecule has 1 aromatic carbocycles. The van der Waals surface area contributed by atoms with Gasteiger partial charge in [0.1, 0.15) is 12.4 Å². The Hall–Kier alpha value is -2.10. The van der Waals surface area contributed by atoms with Gasteiger partial charge in [0.25, 0.3) is 0 Å². The zero-order valence-electron chi connectivity index (χ0n) is 9.67. The number of hydrogen-bond donors (Lipinski definition) is 0. The summed E-state index contributed by atoms with van der Waals surface area (Å²) in [6.07, 6.45) is 6.16. The first-order chi connectivity index (χ1) is 8.31. The minimum atomic E-state index is 0.516. The first-order valence-electron chi connectivity index (χ1n) is 5.44. The smallest absolute Gasteiger partial charge is 0.153 e. The van der Waals surface area contributed by atoms with Gasteiger partial charge in [-0.3, -0.25) is 4.79 Å². The van der Waals surface area contributed by atoms with E-state index in [0.717, 1.165) is 11.8 Å². The van der Waals surface area contributed by atoms with E-state index in [-0.39, 0.29) is 0 Å². The van der Waals surface area contributed by atoms with Gasteiger partial charge in [0.15, 0.2) is 6.29 Å². The third kappa shape index (κ3) is 2.72. The number of aldehydes is 1. The van der Waals surface area contributed by atoms with Gasteiger partial charge in [0.2, 0.25) is 0 Å². The van der Waals surface area contributed by atoms with Gasteiger partial charge in [-0.1, -0.05) is 12.1 Å². The number of aromatic nitrogens is 2. The van der Waals surface area contributed by atoms with Gasteiger partial charge in [-0.2, -0.15) is 0 Å². The van der Waals surface area contributed by atoms with Crippen LogP contribution in [-0.4, -0.2) is 22.4 Å². The molecule has 88 valence electrons. The van der Waals surface area contributed by atoms with Crippen LogP contribution in [-0.2, 0) is 6.54 Å². The molecule has 0 aliphatic heterocycles. The molecule has 1 aromatic heterocycles. The van der Waals surface area contributed by atoms with Gasteiger partial charge in [-0.05, 0) is 18.6 Å². The summed E-state index contributed by atoms with van der Waals surface area (Å²) in [5.74, 6) is 0.669. The Labute approximate surface area is 99.9 Å². The average Bonchev–Trinajstić information content (AvgIpc) is 2.84.